The van der Waals surface area contributed by atoms with Gasteiger partial charge in [0.15, 0.2) is 0 Å². The Morgan fingerprint density at radius 1 is 0.778 bits per heavy atom. The molecule has 5 amide bonds. The highest BCUT2D eigenvalue weighted by Gasteiger charge is 2.33. The summed E-state index contributed by atoms with van der Waals surface area (Å²) in [5.74, 6) is -3.75. The highest BCUT2D eigenvalue weighted by atomic mass is 16.6. The summed E-state index contributed by atoms with van der Waals surface area (Å²) in [5, 5.41) is 10.2. The molecule has 0 aliphatic rings. The minimum absolute atomic E-state index is 0.00210. The van der Waals surface area contributed by atoms with Gasteiger partial charge in [-0.1, -0.05) is 64.4 Å². The first-order chi connectivity index (χ1) is 20.9. The van der Waals surface area contributed by atoms with Crippen molar-refractivity contribution in [3.05, 3.63) is 35.9 Å². The Morgan fingerprint density at radius 2 is 1.31 bits per heavy atom. The maximum atomic E-state index is 13.6. The van der Waals surface area contributed by atoms with Gasteiger partial charge in [-0.05, 0) is 57.9 Å². The summed E-state index contributed by atoms with van der Waals surface area (Å²) in [4.78, 5) is 77.1. The average molecular weight is 634 g/mol. The Hall–Kier alpha value is -4.16. The zero-order valence-electron chi connectivity index (χ0n) is 27.7. The summed E-state index contributed by atoms with van der Waals surface area (Å²) >= 11 is 0. The number of ether oxygens (including phenoxy) is 2. The summed E-state index contributed by atoms with van der Waals surface area (Å²) in [6.45, 7) is 13.9. The number of nitrogens with one attached hydrogen (secondary N) is 4. The Kier molecular flexibility index (Phi) is 16.1. The van der Waals surface area contributed by atoms with Gasteiger partial charge < -0.3 is 36.5 Å². The third-order valence-electron chi connectivity index (χ3n) is 6.71. The molecule has 6 N–H and O–H groups in total. The standard InChI is InChI=1S/C32H51N5O8/c1-9-20(4)16-24(28(40)34-21(5)27(33)39)35-30(42)25(17-26(38)44-18-22-13-11-10-12-14-22)36-29(41)23(15-19(2)3)37-31(43)45-32(6,7)8/h10-14,19-21,23-25H,9,15-18H2,1-8H3,(H2,33,39)(H,34,40)(H,35,42)(H,36,41)(H,37,43). The van der Waals surface area contributed by atoms with Crippen molar-refractivity contribution in [1.29, 1.82) is 0 Å². The molecule has 1 aromatic rings. The van der Waals surface area contributed by atoms with Crippen LogP contribution >= 0.6 is 0 Å². The molecule has 5 atom stereocenters. The highest BCUT2D eigenvalue weighted by molar-refractivity contribution is 5.96. The van der Waals surface area contributed by atoms with Crippen LogP contribution in [0.15, 0.2) is 30.3 Å². The van der Waals surface area contributed by atoms with Gasteiger partial charge in [0.25, 0.3) is 0 Å². The van der Waals surface area contributed by atoms with Gasteiger partial charge in [0.2, 0.25) is 23.6 Å². The lowest BCUT2D eigenvalue weighted by Gasteiger charge is -2.27. The van der Waals surface area contributed by atoms with E-state index in [9.17, 15) is 28.8 Å². The molecular formula is C32H51N5O8. The van der Waals surface area contributed by atoms with Gasteiger partial charge in [-0.15, -0.1) is 0 Å². The van der Waals surface area contributed by atoms with E-state index in [2.05, 4.69) is 21.3 Å². The van der Waals surface area contributed by atoms with Crippen molar-refractivity contribution in [2.75, 3.05) is 0 Å². The second kappa shape index (κ2) is 18.6. The van der Waals surface area contributed by atoms with Crippen LogP contribution in [-0.2, 0) is 40.1 Å². The number of primary amides is 1. The molecule has 0 radical (unpaired) electrons. The normalized spacial score (nSPS) is 14.6. The molecule has 1 aromatic carbocycles. The highest BCUT2D eigenvalue weighted by Crippen LogP contribution is 2.13. The molecule has 0 saturated heterocycles. The van der Waals surface area contributed by atoms with E-state index in [4.69, 9.17) is 15.2 Å². The van der Waals surface area contributed by atoms with Crippen LogP contribution in [0.3, 0.4) is 0 Å². The fourth-order valence-electron chi connectivity index (χ4n) is 4.06. The molecule has 0 bridgehead atoms. The second-order valence-electron chi connectivity index (χ2n) is 12.7. The molecule has 0 spiro atoms. The largest absolute Gasteiger partial charge is 0.461 e. The molecular weight excluding hydrogens is 582 g/mol. The van der Waals surface area contributed by atoms with Crippen LogP contribution in [-0.4, -0.2) is 65.5 Å². The summed E-state index contributed by atoms with van der Waals surface area (Å²) in [7, 11) is 0. The second-order valence-corrected chi connectivity index (χ2v) is 12.7. The molecule has 0 aliphatic heterocycles. The van der Waals surface area contributed by atoms with E-state index in [1.165, 1.54) is 6.92 Å². The quantitative estimate of drug-likeness (QED) is 0.161. The van der Waals surface area contributed by atoms with E-state index >= 15 is 0 Å². The first-order valence-corrected chi connectivity index (χ1v) is 15.3. The molecule has 0 heterocycles. The maximum Gasteiger partial charge on any atom is 0.408 e. The number of nitrogens with two attached hydrogens (primary N) is 1. The maximum absolute atomic E-state index is 13.6. The lowest BCUT2D eigenvalue weighted by Crippen LogP contribution is -2.58. The SMILES string of the molecule is CCC(C)CC(NC(=O)C(CC(=O)OCc1ccccc1)NC(=O)C(CC(C)C)NC(=O)OC(C)(C)C)C(=O)NC(C)C(N)=O. The van der Waals surface area contributed by atoms with Crippen molar-refractivity contribution in [2.24, 2.45) is 17.6 Å². The number of carbonyl (C=O) groups excluding carboxylic acids is 6. The number of esters is 1. The van der Waals surface area contributed by atoms with Gasteiger partial charge in [-0.2, -0.15) is 0 Å². The molecule has 0 saturated carbocycles. The summed E-state index contributed by atoms with van der Waals surface area (Å²) in [5.41, 5.74) is 5.20. The van der Waals surface area contributed by atoms with Gasteiger partial charge in [0.05, 0.1) is 6.42 Å². The number of alkyl carbamates (subject to hydrolysis) is 1. The van der Waals surface area contributed by atoms with Crippen molar-refractivity contribution in [3.63, 3.8) is 0 Å². The van der Waals surface area contributed by atoms with Crippen LogP contribution in [0.2, 0.25) is 0 Å². The van der Waals surface area contributed by atoms with Crippen molar-refractivity contribution < 1.29 is 38.2 Å². The van der Waals surface area contributed by atoms with Crippen LogP contribution in [0, 0.1) is 11.8 Å². The fourth-order valence-corrected chi connectivity index (χ4v) is 4.06. The minimum atomic E-state index is -1.46. The Labute approximate surface area is 266 Å². The van der Waals surface area contributed by atoms with Crippen LogP contribution in [0.1, 0.15) is 86.6 Å². The predicted octanol–water partition coefficient (Wildman–Crippen LogP) is 2.46. The van der Waals surface area contributed by atoms with E-state index in [-0.39, 0.29) is 31.3 Å². The molecule has 1 rings (SSSR count). The van der Waals surface area contributed by atoms with E-state index < -0.39 is 71.9 Å². The average Bonchev–Trinajstić information content (AvgIpc) is 2.93. The van der Waals surface area contributed by atoms with E-state index in [1.807, 2.05) is 33.8 Å². The fraction of sp³-hybridized carbons (Fsp3) is 0.625. The summed E-state index contributed by atoms with van der Waals surface area (Å²) < 4.78 is 10.7. The molecule has 0 aliphatic carbocycles. The smallest absolute Gasteiger partial charge is 0.408 e. The van der Waals surface area contributed by atoms with Gasteiger partial charge in [-0.25, -0.2) is 4.79 Å². The molecule has 45 heavy (non-hydrogen) atoms. The summed E-state index contributed by atoms with van der Waals surface area (Å²) in [6, 6.07) is 4.28. The first-order valence-electron chi connectivity index (χ1n) is 15.3. The monoisotopic (exact) mass is 633 g/mol. The van der Waals surface area contributed by atoms with Crippen LogP contribution in [0.25, 0.3) is 0 Å². The lowest BCUT2D eigenvalue weighted by atomic mass is 9.98. The van der Waals surface area contributed by atoms with E-state index in [1.54, 1.807) is 45.0 Å². The lowest BCUT2D eigenvalue weighted by molar-refractivity contribution is -0.147. The zero-order valence-corrected chi connectivity index (χ0v) is 27.7. The van der Waals surface area contributed by atoms with E-state index in [0.717, 1.165) is 5.56 Å². The predicted molar refractivity (Wildman–Crippen MR) is 168 cm³/mol. The number of hydrogen-bond acceptors (Lipinski definition) is 8. The Balaban J connectivity index is 3.26. The number of hydrogen-bond donors (Lipinski definition) is 5. The van der Waals surface area contributed by atoms with Gasteiger partial charge >= 0.3 is 12.1 Å². The molecule has 13 heteroatoms. The minimum Gasteiger partial charge on any atom is -0.461 e. The zero-order chi connectivity index (χ0) is 34.3. The Morgan fingerprint density at radius 3 is 1.84 bits per heavy atom. The van der Waals surface area contributed by atoms with Crippen molar-refractivity contribution in [2.45, 2.75) is 117 Å². The third kappa shape index (κ3) is 15.9. The first kappa shape index (κ1) is 38.9. The number of amides is 5. The van der Waals surface area contributed by atoms with Crippen LogP contribution in [0.4, 0.5) is 4.79 Å². The van der Waals surface area contributed by atoms with Crippen molar-refractivity contribution >= 4 is 35.7 Å². The van der Waals surface area contributed by atoms with Crippen LogP contribution < -0.4 is 27.0 Å². The van der Waals surface area contributed by atoms with Crippen molar-refractivity contribution in [1.82, 2.24) is 21.3 Å². The van der Waals surface area contributed by atoms with Gasteiger partial charge in [0, 0.05) is 0 Å². The topological polar surface area (TPSA) is 195 Å². The van der Waals surface area contributed by atoms with Crippen molar-refractivity contribution in [3.8, 4) is 0 Å². The number of rotatable bonds is 17. The van der Waals surface area contributed by atoms with Gasteiger partial charge in [0.1, 0.15) is 36.4 Å². The molecule has 0 aromatic heterocycles. The van der Waals surface area contributed by atoms with E-state index in [0.29, 0.717) is 6.42 Å². The Bertz CT molecular complexity index is 1150. The molecule has 13 nitrogen and oxygen atoms in total. The summed E-state index contributed by atoms with van der Waals surface area (Å²) in [6.07, 6.45) is -0.248. The molecule has 5 unspecified atom stereocenters. The molecule has 0 fully saturated rings. The molecule has 252 valence electrons. The van der Waals surface area contributed by atoms with Gasteiger partial charge in [-0.3, -0.25) is 24.0 Å². The third-order valence-corrected chi connectivity index (χ3v) is 6.71. The number of carbonyl (C=O) groups is 6. The van der Waals surface area contributed by atoms with Crippen LogP contribution in [0.5, 0.6) is 0 Å². The number of benzene rings is 1.